The van der Waals surface area contributed by atoms with Crippen LogP contribution >= 0.6 is 27.5 Å². The van der Waals surface area contributed by atoms with Crippen molar-refractivity contribution in [2.75, 3.05) is 11.5 Å². The number of anilines is 1. The number of nitrogens with zero attached hydrogens (tertiary/aromatic N) is 1. The second kappa shape index (κ2) is 11.2. The highest BCUT2D eigenvalue weighted by Gasteiger charge is 2.37. The largest absolute Gasteiger partial charge is 0.490 e. The fraction of sp³-hybridized carbons (Fsp3) is 0.148. The summed E-state index contributed by atoms with van der Waals surface area (Å²) in [7, 11) is -4.25. The number of halogens is 2. The van der Waals surface area contributed by atoms with Gasteiger partial charge in [0.15, 0.2) is 11.5 Å². The average Bonchev–Trinajstić information content (AvgIpc) is 2.86. The maximum Gasteiger partial charge on any atom is 0.339 e. The van der Waals surface area contributed by atoms with Crippen LogP contribution in [0, 0.1) is 13.8 Å². The Morgan fingerprint density at radius 2 is 1.69 bits per heavy atom. The number of carbonyl (C=O) groups is 3. The summed E-state index contributed by atoms with van der Waals surface area (Å²) in [5.74, 6) is -1.76. The van der Waals surface area contributed by atoms with Crippen molar-refractivity contribution in [2.45, 2.75) is 25.7 Å². The quantitative estimate of drug-likeness (QED) is 0.206. The SMILES string of the molecule is CCOc1cc(/C=C2\C(=O)NC(=O)N(c3ccc(C)c(C)c3)C2=O)cc(Br)c1OS(=O)(=O)c1ccc(Cl)cc1. The first-order chi connectivity index (χ1) is 18.4. The standard InChI is InChI=1S/C27H22BrClN2O7S/c1-4-37-23-14-17(13-22(28)24(23)38-39(35,36)20-9-6-18(29)7-10-20)12-21-25(32)30-27(34)31(26(21)33)19-8-5-15(2)16(3)11-19/h5-14H,4H2,1-3H3,(H,30,32,34)/b21-12+. The second-order valence-electron chi connectivity index (χ2n) is 8.48. The van der Waals surface area contributed by atoms with E-state index in [2.05, 4.69) is 21.2 Å². The van der Waals surface area contributed by atoms with Crippen LogP contribution in [0.5, 0.6) is 11.5 Å². The summed E-state index contributed by atoms with van der Waals surface area (Å²) >= 11 is 9.16. The predicted molar refractivity (Wildman–Crippen MR) is 149 cm³/mol. The highest BCUT2D eigenvalue weighted by molar-refractivity contribution is 9.10. The van der Waals surface area contributed by atoms with E-state index >= 15 is 0 Å². The zero-order chi connectivity index (χ0) is 28.5. The molecule has 1 fully saturated rings. The maximum atomic E-state index is 13.3. The first-order valence-corrected chi connectivity index (χ1v) is 14.1. The van der Waals surface area contributed by atoms with Crippen LogP contribution in [-0.2, 0) is 19.7 Å². The summed E-state index contributed by atoms with van der Waals surface area (Å²) in [5, 5.41) is 2.55. The number of amides is 4. The third-order valence-electron chi connectivity index (χ3n) is 5.79. The van der Waals surface area contributed by atoms with Crippen LogP contribution in [0.3, 0.4) is 0 Å². The van der Waals surface area contributed by atoms with Crippen molar-refractivity contribution in [1.29, 1.82) is 0 Å². The van der Waals surface area contributed by atoms with E-state index in [9.17, 15) is 22.8 Å². The first kappa shape index (κ1) is 28.3. The highest BCUT2D eigenvalue weighted by Crippen LogP contribution is 2.39. The lowest BCUT2D eigenvalue weighted by Crippen LogP contribution is -2.54. The molecule has 1 aliphatic heterocycles. The van der Waals surface area contributed by atoms with Crippen molar-refractivity contribution >= 4 is 67.3 Å². The van der Waals surface area contributed by atoms with E-state index < -0.39 is 28.0 Å². The summed E-state index contributed by atoms with van der Waals surface area (Å²) in [6.07, 6.45) is 1.28. The van der Waals surface area contributed by atoms with Gasteiger partial charge in [0.05, 0.1) is 16.8 Å². The molecule has 0 unspecified atom stereocenters. The van der Waals surface area contributed by atoms with E-state index in [1.165, 1.54) is 42.5 Å². The second-order valence-corrected chi connectivity index (χ2v) is 11.3. The van der Waals surface area contributed by atoms with E-state index in [-0.39, 0.29) is 33.0 Å². The van der Waals surface area contributed by atoms with Crippen molar-refractivity contribution in [2.24, 2.45) is 0 Å². The number of ether oxygens (including phenoxy) is 1. The van der Waals surface area contributed by atoms with Crippen LogP contribution in [0.25, 0.3) is 6.08 Å². The van der Waals surface area contributed by atoms with Gasteiger partial charge in [-0.3, -0.25) is 14.9 Å². The molecule has 12 heteroatoms. The molecule has 0 aromatic heterocycles. The van der Waals surface area contributed by atoms with E-state index in [4.69, 9.17) is 20.5 Å². The number of aryl methyl sites for hydroxylation is 2. The van der Waals surface area contributed by atoms with E-state index in [1.54, 1.807) is 25.1 Å². The van der Waals surface area contributed by atoms with Crippen LogP contribution in [0.1, 0.15) is 23.6 Å². The Balaban J connectivity index is 1.72. The van der Waals surface area contributed by atoms with Crippen LogP contribution in [0.4, 0.5) is 10.5 Å². The molecule has 0 radical (unpaired) electrons. The molecule has 39 heavy (non-hydrogen) atoms. The molecule has 0 bridgehead atoms. The van der Waals surface area contributed by atoms with Gasteiger partial charge in [-0.2, -0.15) is 8.42 Å². The van der Waals surface area contributed by atoms with E-state index in [0.29, 0.717) is 16.3 Å². The Morgan fingerprint density at radius 1 is 1.00 bits per heavy atom. The molecule has 1 saturated heterocycles. The number of benzene rings is 3. The van der Waals surface area contributed by atoms with Crippen molar-refractivity contribution in [3.63, 3.8) is 0 Å². The Hall–Kier alpha value is -3.67. The molecule has 0 atom stereocenters. The monoisotopic (exact) mass is 632 g/mol. The molecule has 0 saturated carbocycles. The van der Waals surface area contributed by atoms with E-state index in [1.807, 2.05) is 13.8 Å². The van der Waals surface area contributed by atoms with Gasteiger partial charge in [0.2, 0.25) is 0 Å². The van der Waals surface area contributed by atoms with Gasteiger partial charge in [0.25, 0.3) is 11.8 Å². The van der Waals surface area contributed by atoms with Crippen LogP contribution in [0.2, 0.25) is 5.02 Å². The van der Waals surface area contributed by atoms with Crippen molar-refractivity contribution in [3.8, 4) is 11.5 Å². The number of barbiturate groups is 1. The lowest BCUT2D eigenvalue weighted by Gasteiger charge is -2.27. The summed E-state index contributed by atoms with van der Waals surface area (Å²) in [5.41, 5.74) is 2.17. The van der Waals surface area contributed by atoms with Gasteiger partial charge >= 0.3 is 16.1 Å². The zero-order valence-corrected chi connectivity index (χ0v) is 24.1. The number of urea groups is 1. The predicted octanol–water partition coefficient (Wildman–Crippen LogP) is 5.55. The fourth-order valence-corrected chi connectivity index (χ4v) is 5.43. The van der Waals surface area contributed by atoms with Crippen molar-refractivity contribution < 1.29 is 31.7 Å². The summed E-state index contributed by atoms with van der Waals surface area (Å²) in [6.45, 7) is 5.60. The molecule has 4 amide bonds. The fourth-order valence-electron chi connectivity index (χ4n) is 3.70. The Labute approximate surface area is 238 Å². The summed E-state index contributed by atoms with van der Waals surface area (Å²) in [6, 6.07) is 12.5. The minimum absolute atomic E-state index is 0.0435. The molecule has 1 heterocycles. The van der Waals surface area contributed by atoms with Crippen LogP contribution in [-0.4, -0.2) is 32.9 Å². The normalized spacial score (nSPS) is 14.9. The molecule has 0 aliphatic carbocycles. The Kier molecular flexibility index (Phi) is 8.15. The lowest BCUT2D eigenvalue weighted by molar-refractivity contribution is -0.122. The summed E-state index contributed by atoms with van der Waals surface area (Å²) < 4.78 is 36.9. The third-order valence-corrected chi connectivity index (χ3v) is 7.87. The number of rotatable bonds is 7. The first-order valence-electron chi connectivity index (χ1n) is 11.6. The zero-order valence-electron chi connectivity index (χ0n) is 20.9. The molecule has 3 aromatic carbocycles. The molecule has 3 aromatic rings. The van der Waals surface area contributed by atoms with Gasteiger partial charge in [-0.1, -0.05) is 17.7 Å². The van der Waals surface area contributed by atoms with E-state index in [0.717, 1.165) is 16.0 Å². The van der Waals surface area contributed by atoms with Crippen LogP contribution < -0.4 is 19.1 Å². The number of hydrogen-bond donors (Lipinski definition) is 1. The minimum atomic E-state index is -4.25. The molecule has 9 nitrogen and oxygen atoms in total. The Morgan fingerprint density at radius 3 is 2.33 bits per heavy atom. The number of carbonyl (C=O) groups excluding carboxylic acids is 3. The molecule has 1 aliphatic rings. The molecule has 202 valence electrons. The highest BCUT2D eigenvalue weighted by atomic mass is 79.9. The smallest absolute Gasteiger partial charge is 0.339 e. The van der Waals surface area contributed by atoms with Gasteiger partial charge in [-0.05, 0) is 108 Å². The maximum absolute atomic E-state index is 13.3. The van der Waals surface area contributed by atoms with Gasteiger partial charge in [-0.15, -0.1) is 0 Å². The van der Waals surface area contributed by atoms with Crippen LogP contribution in [0.15, 0.2) is 69.5 Å². The molecule has 0 spiro atoms. The summed E-state index contributed by atoms with van der Waals surface area (Å²) in [4.78, 5) is 39.3. The molecular formula is C27H22BrClN2O7S. The molecule has 4 rings (SSSR count). The van der Waals surface area contributed by atoms with Gasteiger partial charge in [-0.25, -0.2) is 9.69 Å². The topological polar surface area (TPSA) is 119 Å². The van der Waals surface area contributed by atoms with Crippen molar-refractivity contribution in [3.05, 3.63) is 86.4 Å². The molecular weight excluding hydrogens is 612 g/mol. The van der Waals surface area contributed by atoms with Crippen molar-refractivity contribution in [1.82, 2.24) is 5.32 Å². The lowest BCUT2D eigenvalue weighted by atomic mass is 10.0. The van der Waals surface area contributed by atoms with Gasteiger partial charge < -0.3 is 8.92 Å². The van der Waals surface area contributed by atoms with Gasteiger partial charge in [0.1, 0.15) is 10.5 Å². The number of imide groups is 2. The average molecular weight is 634 g/mol. The third kappa shape index (κ3) is 6.00. The molecule has 1 N–H and O–H groups in total. The number of hydrogen-bond acceptors (Lipinski definition) is 7. The van der Waals surface area contributed by atoms with Gasteiger partial charge in [0, 0.05) is 5.02 Å². The number of nitrogens with one attached hydrogen (secondary N) is 1. The minimum Gasteiger partial charge on any atom is -0.490 e. The Bertz CT molecular complexity index is 1640.